The third-order valence-electron chi connectivity index (χ3n) is 3.67. The first-order valence-electron chi connectivity index (χ1n) is 6.54. The molecule has 0 aromatic heterocycles. The molecule has 2 fully saturated rings. The zero-order chi connectivity index (χ0) is 12.1. The van der Waals surface area contributed by atoms with Crippen LogP contribution in [0.2, 0.25) is 0 Å². The van der Waals surface area contributed by atoms with Gasteiger partial charge in [-0.3, -0.25) is 4.79 Å². The molecule has 1 aliphatic heterocycles. The van der Waals surface area contributed by atoms with E-state index in [1.54, 1.807) is 0 Å². The van der Waals surface area contributed by atoms with Crippen molar-refractivity contribution < 1.29 is 14.6 Å². The zero-order valence-electron chi connectivity index (χ0n) is 10.6. The summed E-state index contributed by atoms with van der Waals surface area (Å²) in [4.78, 5) is 11.8. The third kappa shape index (κ3) is 4.39. The lowest BCUT2D eigenvalue weighted by Crippen LogP contribution is -2.52. The van der Waals surface area contributed by atoms with E-state index < -0.39 is 6.10 Å². The Morgan fingerprint density at radius 1 is 1.44 bits per heavy atom. The van der Waals surface area contributed by atoms with E-state index in [1.807, 2.05) is 0 Å². The van der Waals surface area contributed by atoms with E-state index in [0.717, 1.165) is 12.8 Å². The molecular weight excluding hydrogens is 256 g/mol. The normalized spacial score (nSPS) is 26.4. The molecule has 6 heteroatoms. The van der Waals surface area contributed by atoms with Crippen LogP contribution in [0.5, 0.6) is 0 Å². The number of halogens is 1. The molecule has 0 bridgehead atoms. The number of aliphatic hydroxyl groups is 1. The van der Waals surface area contributed by atoms with Crippen molar-refractivity contribution in [3.05, 3.63) is 0 Å². The molecule has 2 atom stereocenters. The molecule has 1 amide bonds. The Kier molecular flexibility index (Phi) is 6.92. The van der Waals surface area contributed by atoms with Crippen molar-refractivity contribution in [1.29, 1.82) is 0 Å². The van der Waals surface area contributed by atoms with Gasteiger partial charge in [-0.15, -0.1) is 12.4 Å². The fourth-order valence-electron chi connectivity index (χ4n) is 2.57. The lowest BCUT2D eigenvalue weighted by molar-refractivity contribution is -0.126. The van der Waals surface area contributed by atoms with Crippen molar-refractivity contribution in [2.24, 2.45) is 5.92 Å². The number of hydrogen-bond acceptors (Lipinski definition) is 4. The van der Waals surface area contributed by atoms with Crippen LogP contribution in [-0.2, 0) is 9.53 Å². The third-order valence-corrected chi connectivity index (χ3v) is 3.67. The highest BCUT2D eigenvalue weighted by molar-refractivity contribution is 5.85. The molecule has 1 heterocycles. The predicted octanol–water partition coefficient (Wildman–Crippen LogP) is 0.0639. The second kappa shape index (κ2) is 7.94. The summed E-state index contributed by atoms with van der Waals surface area (Å²) < 4.78 is 5.22. The van der Waals surface area contributed by atoms with Gasteiger partial charge >= 0.3 is 0 Å². The van der Waals surface area contributed by atoms with E-state index in [4.69, 9.17) is 4.74 Å². The van der Waals surface area contributed by atoms with E-state index in [0.29, 0.717) is 32.2 Å². The Morgan fingerprint density at radius 2 is 2.17 bits per heavy atom. The van der Waals surface area contributed by atoms with Crippen LogP contribution in [0.1, 0.15) is 25.7 Å². The molecular formula is C12H23ClN2O3. The summed E-state index contributed by atoms with van der Waals surface area (Å²) in [5.74, 6) is 0.299. The number of carbonyl (C=O) groups excluding carboxylic acids is 1. The number of carbonyl (C=O) groups is 1. The number of amides is 1. The van der Waals surface area contributed by atoms with Gasteiger partial charge in [0.2, 0.25) is 5.91 Å². The number of aliphatic hydroxyl groups excluding tert-OH is 1. The lowest BCUT2D eigenvalue weighted by Gasteiger charge is -2.24. The minimum absolute atomic E-state index is 0. The minimum Gasteiger partial charge on any atom is -0.391 e. The van der Waals surface area contributed by atoms with Gasteiger partial charge in [0.05, 0.1) is 19.3 Å². The van der Waals surface area contributed by atoms with Gasteiger partial charge in [-0.05, 0) is 18.8 Å². The first-order chi connectivity index (χ1) is 8.27. The Hall–Kier alpha value is -0.360. The first kappa shape index (κ1) is 15.7. The highest BCUT2D eigenvalue weighted by Gasteiger charge is 2.25. The van der Waals surface area contributed by atoms with Gasteiger partial charge in [-0.1, -0.05) is 12.8 Å². The monoisotopic (exact) mass is 278 g/mol. The first-order valence-corrected chi connectivity index (χ1v) is 6.54. The molecule has 2 unspecified atom stereocenters. The van der Waals surface area contributed by atoms with Gasteiger partial charge in [0.15, 0.2) is 0 Å². The Bertz CT molecular complexity index is 254. The largest absolute Gasteiger partial charge is 0.391 e. The molecule has 1 saturated heterocycles. The molecule has 2 aliphatic rings. The predicted molar refractivity (Wildman–Crippen MR) is 70.8 cm³/mol. The quantitative estimate of drug-likeness (QED) is 0.680. The van der Waals surface area contributed by atoms with E-state index >= 15 is 0 Å². The smallest absolute Gasteiger partial charge is 0.239 e. The van der Waals surface area contributed by atoms with Gasteiger partial charge in [0.1, 0.15) is 6.04 Å². The number of nitrogens with one attached hydrogen (secondary N) is 2. The van der Waals surface area contributed by atoms with Gasteiger partial charge in [0, 0.05) is 13.1 Å². The molecule has 18 heavy (non-hydrogen) atoms. The van der Waals surface area contributed by atoms with E-state index in [2.05, 4.69) is 10.6 Å². The standard InChI is InChI=1S/C12H22N2O3.ClH/c15-11(9-3-1-2-4-9)7-14-12(16)10-8-17-6-5-13-10;/h9-11,13,15H,1-8H2,(H,14,16);1H. The van der Waals surface area contributed by atoms with Crippen molar-refractivity contribution in [3.63, 3.8) is 0 Å². The van der Waals surface area contributed by atoms with Crippen LogP contribution in [0, 0.1) is 5.92 Å². The van der Waals surface area contributed by atoms with Gasteiger partial charge in [-0.25, -0.2) is 0 Å². The fraction of sp³-hybridized carbons (Fsp3) is 0.917. The van der Waals surface area contributed by atoms with Crippen LogP contribution in [0.3, 0.4) is 0 Å². The molecule has 3 N–H and O–H groups in total. The molecule has 1 saturated carbocycles. The van der Waals surface area contributed by atoms with Crippen LogP contribution in [0.15, 0.2) is 0 Å². The second-order valence-electron chi connectivity index (χ2n) is 4.94. The van der Waals surface area contributed by atoms with Crippen molar-refractivity contribution in [2.45, 2.75) is 37.8 Å². The summed E-state index contributed by atoms with van der Waals surface area (Å²) in [6, 6.07) is -0.264. The van der Waals surface area contributed by atoms with Crippen LogP contribution < -0.4 is 10.6 Å². The number of rotatable bonds is 4. The molecule has 1 aliphatic carbocycles. The molecule has 0 spiro atoms. The Morgan fingerprint density at radius 3 is 2.78 bits per heavy atom. The SMILES string of the molecule is Cl.O=C(NCC(O)C1CCCC1)C1COCCN1. The van der Waals surface area contributed by atoms with Crippen molar-refractivity contribution in [1.82, 2.24) is 10.6 Å². The van der Waals surface area contributed by atoms with Crippen LogP contribution in [-0.4, -0.2) is 49.5 Å². The van der Waals surface area contributed by atoms with Crippen molar-refractivity contribution in [2.75, 3.05) is 26.3 Å². The van der Waals surface area contributed by atoms with Crippen LogP contribution in [0.25, 0.3) is 0 Å². The maximum absolute atomic E-state index is 11.8. The second-order valence-corrected chi connectivity index (χ2v) is 4.94. The highest BCUT2D eigenvalue weighted by Crippen LogP contribution is 2.27. The summed E-state index contributed by atoms with van der Waals surface area (Å²) in [7, 11) is 0. The average molecular weight is 279 g/mol. The molecule has 0 aromatic rings. The van der Waals surface area contributed by atoms with E-state index in [9.17, 15) is 9.90 Å². The Labute approximate surface area is 114 Å². The fourth-order valence-corrected chi connectivity index (χ4v) is 2.57. The summed E-state index contributed by atoms with van der Waals surface area (Å²) in [6.07, 6.45) is 4.18. The molecule has 0 radical (unpaired) electrons. The Balaban J connectivity index is 0.00000162. The molecule has 2 rings (SSSR count). The van der Waals surface area contributed by atoms with Gasteiger partial charge < -0.3 is 20.5 Å². The lowest BCUT2D eigenvalue weighted by atomic mass is 10.0. The number of hydrogen-bond donors (Lipinski definition) is 3. The van der Waals surface area contributed by atoms with Crippen molar-refractivity contribution in [3.8, 4) is 0 Å². The number of ether oxygens (including phenoxy) is 1. The van der Waals surface area contributed by atoms with E-state index in [-0.39, 0.29) is 24.4 Å². The molecule has 5 nitrogen and oxygen atoms in total. The highest BCUT2D eigenvalue weighted by atomic mass is 35.5. The average Bonchev–Trinajstić information content (AvgIpc) is 2.90. The molecule has 0 aromatic carbocycles. The van der Waals surface area contributed by atoms with Gasteiger partial charge in [-0.2, -0.15) is 0 Å². The summed E-state index contributed by atoms with van der Waals surface area (Å²) in [5, 5.41) is 15.8. The summed E-state index contributed by atoms with van der Waals surface area (Å²) >= 11 is 0. The molecule has 106 valence electrons. The number of morpholine rings is 1. The van der Waals surface area contributed by atoms with Gasteiger partial charge in [0.25, 0.3) is 0 Å². The maximum Gasteiger partial charge on any atom is 0.239 e. The van der Waals surface area contributed by atoms with Crippen LogP contribution in [0.4, 0.5) is 0 Å². The zero-order valence-corrected chi connectivity index (χ0v) is 11.4. The van der Waals surface area contributed by atoms with Crippen LogP contribution >= 0.6 is 12.4 Å². The topological polar surface area (TPSA) is 70.6 Å². The maximum atomic E-state index is 11.8. The minimum atomic E-state index is -0.397. The summed E-state index contributed by atoms with van der Waals surface area (Å²) in [5.41, 5.74) is 0. The van der Waals surface area contributed by atoms with Crippen molar-refractivity contribution >= 4 is 18.3 Å². The van der Waals surface area contributed by atoms with E-state index in [1.165, 1.54) is 12.8 Å². The summed E-state index contributed by atoms with van der Waals surface area (Å²) in [6.45, 7) is 2.16.